The molecule has 0 radical (unpaired) electrons. The molecule has 1 aliphatic heterocycles. The van der Waals surface area contributed by atoms with E-state index >= 15 is 0 Å². The number of likely N-dealkylation sites (N-methyl/N-ethyl adjacent to an activating group) is 1. The topological polar surface area (TPSA) is 36.7 Å². The summed E-state index contributed by atoms with van der Waals surface area (Å²) in [4.78, 5) is 8.87. The molecule has 0 spiro atoms. The number of fused-ring (bicyclic) bond motifs is 2. The van der Waals surface area contributed by atoms with Gasteiger partial charge in [-0.05, 0) is 60.6 Å². The highest BCUT2D eigenvalue weighted by molar-refractivity contribution is 6.42. The maximum Gasteiger partial charge on any atom is 0.155 e. The Balaban J connectivity index is 1.59. The van der Waals surface area contributed by atoms with Crippen LogP contribution in [0.2, 0.25) is 10.0 Å². The van der Waals surface area contributed by atoms with Crippen molar-refractivity contribution in [2.24, 2.45) is 0 Å². The lowest BCUT2D eigenvalue weighted by atomic mass is 10.0. The van der Waals surface area contributed by atoms with E-state index in [0.717, 1.165) is 42.1 Å². The molecule has 5 rings (SSSR count). The predicted octanol–water partition coefficient (Wildman–Crippen LogP) is 5.29. The fourth-order valence-corrected chi connectivity index (χ4v) is 4.12. The van der Waals surface area contributed by atoms with Crippen LogP contribution in [0, 0.1) is 0 Å². The molecule has 2 aromatic heterocycles. The maximum atomic E-state index is 6.29. The van der Waals surface area contributed by atoms with Crippen LogP contribution in [-0.4, -0.2) is 39.6 Å². The Morgan fingerprint density at radius 2 is 1.76 bits per heavy atom. The number of halogens is 2. The third-order valence-corrected chi connectivity index (χ3v) is 6.08. The van der Waals surface area contributed by atoms with Gasteiger partial charge in [-0.2, -0.15) is 5.10 Å². The zero-order valence-electron chi connectivity index (χ0n) is 15.9. The highest BCUT2D eigenvalue weighted by Crippen LogP contribution is 2.36. The Labute approximate surface area is 179 Å². The van der Waals surface area contributed by atoms with Crippen LogP contribution >= 0.6 is 23.2 Å². The van der Waals surface area contributed by atoms with E-state index < -0.39 is 0 Å². The van der Waals surface area contributed by atoms with Crippen LogP contribution in [0.15, 0.2) is 61.1 Å². The lowest BCUT2D eigenvalue weighted by molar-refractivity contribution is 0.343. The lowest BCUT2D eigenvalue weighted by Crippen LogP contribution is -2.26. The van der Waals surface area contributed by atoms with Crippen molar-refractivity contribution in [3.8, 4) is 11.1 Å². The molecule has 2 aromatic carbocycles. The third kappa shape index (κ3) is 3.46. The van der Waals surface area contributed by atoms with E-state index in [-0.39, 0.29) is 0 Å². The minimum atomic E-state index is 0.570. The summed E-state index contributed by atoms with van der Waals surface area (Å²) in [6, 6.07) is 16.5. The van der Waals surface area contributed by atoms with Crippen molar-refractivity contribution in [2.45, 2.75) is 6.54 Å². The number of nitrogens with zero attached hydrogens (tertiary/aromatic N) is 5. The SMILES string of the molecule is CN1CCN(c2ccc(Cl)c(Cl)c2)c2ccc(-c3ccc4ncnn4c3)cc2C1. The van der Waals surface area contributed by atoms with Crippen LogP contribution in [0.3, 0.4) is 0 Å². The molecule has 29 heavy (non-hydrogen) atoms. The number of hydrogen-bond donors (Lipinski definition) is 0. The van der Waals surface area contributed by atoms with E-state index in [1.54, 1.807) is 10.8 Å². The van der Waals surface area contributed by atoms with E-state index in [1.807, 2.05) is 30.5 Å². The van der Waals surface area contributed by atoms with E-state index in [0.29, 0.717) is 10.0 Å². The molecule has 0 atom stereocenters. The van der Waals surface area contributed by atoms with Gasteiger partial charge in [0.15, 0.2) is 5.65 Å². The number of anilines is 2. The normalized spacial score (nSPS) is 14.8. The van der Waals surface area contributed by atoms with Crippen LogP contribution in [-0.2, 0) is 6.54 Å². The summed E-state index contributed by atoms with van der Waals surface area (Å²) >= 11 is 12.4. The Kier molecular flexibility index (Phi) is 4.66. The van der Waals surface area contributed by atoms with Crippen molar-refractivity contribution in [1.29, 1.82) is 0 Å². The first kappa shape index (κ1) is 18.4. The number of hydrogen-bond acceptors (Lipinski definition) is 4. The van der Waals surface area contributed by atoms with Gasteiger partial charge in [0.2, 0.25) is 0 Å². The van der Waals surface area contributed by atoms with E-state index in [9.17, 15) is 0 Å². The Bertz CT molecular complexity index is 1200. The largest absolute Gasteiger partial charge is 0.340 e. The van der Waals surface area contributed by atoms with Gasteiger partial charge in [0.25, 0.3) is 0 Å². The molecule has 0 bridgehead atoms. The second-order valence-electron chi connectivity index (χ2n) is 7.31. The highest BCUT2D eigenvalue weighted by atomic mass is 35.5. The molecule has 0 aliphatic carbocycles. The molecule has 0 unspecified atom stereocenters. The molecule has 5 nitrogen and oxygen atoms in total. The summed E-state index contributed by atoms with van der Waals surface area (Å²) in [5.74, 6) is 0. The fourth-order valence-electron chi connectivity index (χ4n) is 3.82. The number of benzene rings is 2. The average molecular weight is 424 g/mol. The second-order valence-corrected chi connectivity index (χ2v) is 8.13. The van der Waals surface area contributed by atoms with Crippen molar-refractivity contribution in [3.05, 3.63) is 76.7 Å². The molecular weight excluding hydrogens is 405 g/mol. The van der Waals surface area contributed by atoms with Gasteiger partial charge in [0.1, 0.15) is 6.33 Å². The second kappa shape index (κ2) is 7.34. The van der Waals surface area contributed by atoms with Crippen molar-refractivity contribution in [2.75, 3.05) is 25.0 Å². The van der Waals surface area contributed by atoms with Crippen molar-refractivity contribution < 1.29 is 0 Å². The van der Waals surface area contributed by atoms with Crippen LogP contribution in [0.25, 0.3) is 16.8 Å². The smallest absolute Gasteiger partial charge is 0.155 e. The highest BCUT2D eigenvalue weighted by Gasteiger charge is 2.20. The van der Waals surface area contributed by atoms with Gasteiger partial charge in [-0.3, -0.25) is 0 Å². The summed E-state index contributed by atoms with van der Waals surface area (Å²) in [6.07, 6.45) is 3.58. The van der Waals surface area contributed by atoms with Crippen LogP contribution in [0.1, 0.15) is 5.56 Å². The molecule has 4 aromatic rings. The molecule has 1 aliphatic rings. The molecular formula is C22H19Cl2N5. The molecule has 0 saturated heterocycles. The minimum Gasteiger partial charge on any atom is -0.340 e. The monoisotopic (exact) mass is 423 g/mol. The summed E-state index contributed by atoms with van der Waals surface area (Å²) in [7, 11) is 2.15. The van der Waals surface area contributed by atoms with Gasteiger partial charge in [-0.15, -0.1) is 0 Å². The van der Waals surface area contributed by atoms with E-state index in [2.05, 4.69) is 51.2 Å². The van der Waals surface area contributed by atoms with Crippen molar-refractivity contribution in [3.63, 3.8) is 0 Å². The minimum absolute atomic E-state index is 0.570. The van der Waals surface area contributed by atoms with Gasteiger partial charge < -0.3 is 9.80 Å². The zero-order valence-corrected chi connectivity index (χ0v) is 17.4. The van der Waals surface area contributed by atoms with Gasteiger partial charge >= 0.3 is 0 Å². The number of rotatable bonds is 2. The summed E-state index contributed by atoms with van der Waals surface area (Å²) < 4.78 is 1.80. The first-order valence-corrected chi connectivity index (χ1v) is 10.2. The number of pyridine rings is 1. The molecule has 0 saturated carbocycles. The van der Waals surface area contributed by atoms with Gasteiger partial charge in [0, 0.05) is 42.8 Å². The number of aromatic nitrogens is 3. The lowest BCUT2D eigenvalue weighted by Gasteiger charge is -2.25. The summed E-state index contributed by atoms with van der Waals surface area (Å²) in [5, 5.41) is 5.39. The predicted molar refractivity (Wildman–Crippen MR) is 118 cm³/mol. The Hall–Kier alpha value is -2.60. The fraction of sp³-hybridized carbons (Fsp3) is 0.182. The first-order chi connectivity index (χ1) is 14.1. The van der Waals surface area contributed by atoms with Crippen molar-refractivity contribution in [1.82, 2.24) is 19.5 Å². The maximum absolute atomic E-state index is 6.29. The molecule has 0 N–H and O–H groups in total. The summed E-state index contributed by atoms with van der Waals surface area (Å²) in [6.45, 7) is 2.72. The Morgan fingerprint density at radius 3 is 2.62 bits per heavy atom. The van der Waals surface area contributed by atoms with Gasteiger partial charge in [-0.25, -0.2) is 9.50 Å². The standard InChI is InChI=1S/C22H19Cl2N5/c1-27-8-9-28(18-4-5-19(23)20(24)11-18)21-6-2-15(10-17(21)12-27)16-3-7-22-25-14-26-29(22)13-16/h2-7,10-11,13-14H,8-9,12H2,1H3. The van der Waals surface area contributed by atoms with Gasteiger partial charge in [-0.1, -0.05) is 29.3 Å². The van der Waals surface area contributed by atoms with Crippen LogP contribution in [0.4, 0.5) is 11.4 Å². The molecule has 0 amide bonds. The third-order valence-electron chi connectivity index (χ3n) is 5.34. The first-order valence-electron chi connectivity index (χ1n) is 9.42. The molecule has 0 fully saturated rings. The van der Waals surface area contributed by atoms with Gasteiger partial charge in [0.05, 0.1) is 10.0 Å². The van der Waals surface area contributed by atoms with E-state index in [4.69, 9.17) is 23.2 Å². The van der Waals surface area contributed by atoms with Crippen LogP contribution in [0.5, 0.6) is 0 Å². The average Bonchev–Trinajstić information content (AvgIpc) is 3.12. The van der Waals surface area contributed by atoms with E-state index in [1.165, 1.54) is 11.3 Å². The quantitative estimate of drug-likeness (QED) is 0.438. The molecule has 146 valence electrons. The summed E-state index contributed by atoms with van der Waals surface area (Å²) in [5.41, 5.74) is 6.62. The van der Waals surface area contributed by atoms with Crippen molar-refractivity contribution >= 4 is 40.2 Å². The Morgan fingerprint density at radius 1 is 0.897 bits per heavy atom. The zero-order chi connectivity index (χ0) is 20.0. The molecule has 7 heteroatoms. The van der Waals surface area contributed by atoms with Crippen LogP contribution < -0.4 is 4.90 Å². The molecule has 3 heterocycles.